The molecule has 1 saturated heterocycles. The molecule has 7 heteroatoms. The monoisotopic (exact) mass is 420 g/mol. The average molecular weight is 421 g/mol. The Morgan fingerprint density at radius 3 is 2.54 bits per heavy atom. The molecular formula is C21H25ClN2O3S. The van der Waals surface area contributed by atoms with Gasteiger partial charge in [0, 0.05) is 23.8 Å². The van der Waals surface area contributed by atoms with Crippen molar-refractivity contribution in [3.63, 3.8) is 0 Å². The second-order valence-corrected chi connectivity index (χ2v) is 9.42. The summed E-state index contributed by atoms with van der Waals surface area (Å²) >= 11 is 6.12. The van der Waals surface area contributed by atoms with Crippen LogP contribution in [0.2, 0.25) is 5.02 Å². The quantitative estimate of drug-likeness (QED) is 0.765. The number of piperidine rings is 1. The van der Waals surface area contributed by atoms with E-state index in [4.69, 9.17) is 11.6 Å². The number of carbonyl (C=O) groups is 1. The highest BCUT2D eigenvalue weighted by Gasteiger charge is 2.32. The fourth-order valence-corrected chi connectivity index (χ4v) is 5.42. The van der Waals surface area contributed by atoms with Crippen molar-refractivity contribution >= 4 is 33.2 Å². The summed E-state index contributed by atoms with van der Waals surface area (Å²) in [6.07, 6.45) is 2.16. The maximum atomic E-state index is 12.9. The minimum absolute atomic E-state index is 0.126. The molecule has 2 aromatic rings. The molecule has 150 valence electrons. The summed E-state index contributed by atoms with van der Waals surface area (Å²) in [5.74, 6) is -0.641. The largest absolute Gasteiger partial charge is 0.326 e. The van der Waals surface area contributed by atoms with Gasteiger partial charge < -0.3 is 5.32 Å². The number of benzene rings is 2. The molecule has 1 aliphatic heterocycles. The topological polar surface area (TPSA) is 66.5 Å². The van der Waals surface area contributed by atoms with Crippen molar-refractivity contribution in [2.45, 2.75) is 31.9 Å². The predicted octanol–water partition coefficient (Wildman–Crippen LogP) is 4.08. The van der Waals surface area contributed by atoms with Crippen molar-refractivity contribution in [3.8, 4) is 0 Å². The number of carbonyl (C=O) groups excluding carboxylic acids is 1. The minimum Gasteiger partial charge on any atom is -0.326 e. The Labute approximate surface area is 171 Å². The SMILES string of the molecule is CCc1ccccc1NC(=O)C1CCCN(S(=O)(=O)Cc2ccccc2Cl)C1. The maximum absolute atomic E-state index is 12.9. The number of rotatable bonds is 6. The van der Waals surface area contributed by atoms with E-state index < -0.39 is 10.0 Å². The molecule has 1 fully saturated rings. The van der Waals surface area contributed by atoms with E-state index in [9.17, 15) is 13.2 Å². The molecule has 1 unspecified atom stereocenters. The average Bonchev–Trinajstić information content (AvgIpc) is 2.70. The number of sulfonamides is 1. The summed E-state index contributed by atoms with van der Waals surface area (Å²) in [5.41, 5.74) is 2.44. The van der Waals surface area contributed by atoms with Crippen LogP contribution in [0.15, 0.2) is 48.5 Å². The number of halogens is 1. The molecule has 2 aromatic carbocycles. The Kier molecular flexibility index (Phi) is 6.75. The molecule has 1 heterocycles. The third-order valence-corrected chi connectivity index (χ3v) is 7.26. The predicted molar refractivity (Wildman–Crippen MR) is 113 cm³/mol. The van der Waals surface area contributed by atoms with Crippen LogP contribution < -0.4 is 5.32 Å². The Hall–Kier alpha value is -1.89. The van der Waals surface area contributed by atoms with Crippen LogP contribution in [0.4, 0.5) is 5.69 Å². The third-order valence-electron chi connectivity index (χ3n) is 5.10. The molecule has 0 radical (unpaired) electrons. The number of aryl methyl sites for hydroxylation is 1. The summed E-state index contributed by atoms with van der Waals surface area (Å²) in [5, 5.41) is 3.42. The van der Waals surface area contributed by atoms with Gasteiger partial charge in [-0.05, 0) is 42.5 Å². The van der Waals surface area contributed by atoms with Crippen LogP contribution in [0, 0.1) is 5.92 Å². The third kappa shape index (κ3) is 4.93. The fourth-order valence-electron chi connectivity index (χ4n) is 3.50. The zero-order valence-electron chi connectivity index (χ0n) is 15.9. The molecule has 1 N–H and O–H groups in total. The lowest BCUT2D eigenvalue weighted by atomic mass is 9.98. The van der Waals surface area contributed by atoms with Crippen LogP contribution in [0.5, 0.6) is 0 Å². The van der Waals surface area contributed by atoms with E-state index in [2.05, 4.69) is 5.32 Å². The van der Waals surface area contributed by atoms with Gasteiger partial charge in [-0.2, -0.15) is 0 Å². The summed E-state index contributed by atoms with van der Waals surface area (Å²) in [6.45, 7) is 2.67. The van der Waals surface area contributed by atoms with Crippen LogP contribution in [0.25, 0.3) is 0 Å². The van der Waals surface area contributed by atoms with Crippen molar-refractivity contribution in [2.75, 3.05) is 18.4 Å². The van der Waals surface area contributed by atoms with Crippen molar-refractivity contribution in [3.05, 3.63) is 64.7 Å². The highest BCUT2D eigenvalue weighted by Crippen LogP contribution is 2.25. The lowest BCUT2D eigenvalue weighted by molar-refractivity contribution is -0.120. The number of hydrogen-bond acceptors (Lipinski definition) is 3. The Morgan fingerprint density at radius 1 is 1.14 bits per heavy atom. The first-order valence-corrected chi connectivity index (χ1v) is 11.5. The van der Waals surface area contributed by atoms with Crippen molar-refractivity contribution < 1.29 is 13.2 Å². The summed E-state index contributed by atoms with van der Waals surface area (Å²) in [7, 11) is -3.54. The molecule has 3 rings (SSSR count). The molecule has 0 saturated carbocycles. The van der Waals surface area contributed by atoms with Crippen molar-refractivity contribution in [2.24, 2.45) is 5.92 Å². The van der Waals surface area contributed by atoms with Gasteiger partial charge in [-0.15, -0.1) is 0 Å². The maximum Gasteiger partial charge on any atom is 0.228 e. The van der Waals surface area contributed by atoms with E-state index in [1.54, 1.807) is 24.3 Å². The second kappa shape index (κ2) is 9.07. The molecule has 1 amide bonds. The van der Waals surface area contributed by atoms with E-state index >= 15 is 0 Å². The van der Waals surface area contributed by atoms with Gasteiger partial charge in [0.1, 0.15) is 0 Å². The Morgan fingerprint density at radius 2 is 1.82 bits per heavy atom. The van der Waals surface area contributed by atoms with E-state index in [-0.39, 0.29) is 24.1 Å². The summed E-state index contributed by atoms with van der Waals surface area (Å²) in [6, 6.07) is 14.6. The molecule has 0 bridgehead atoms. The standard InChI is InChI=1S/C21H25ClN2O3S/c1-2-16-8-4-6-12-20(16)23-21(25)17-10-7-13-24(14-17)28(26,27)15-18-9-3-5-11-19(18)22/h3-6,8-9,11-12,17H,2,7,10,13-15H2,1H3,(H,23,25). The molecule has 0 spiro atoms. The Balaban J connectivity index is 1.69. The van der Waals surface area contributed by atoms with Gasteiger partial charge >= 0.3 is 0 Å². The fraction of sp³-hybridized carbons (Fsp3) is 0.381. The normalized spacial score (nSPS) is 18.0. The van der Waals surface area contributed by atoms with E-state index in [1.807, 2.05) is 31.2 Å². The second-order valence-electron chi connectivity index (χ2n) is 7.04. The van der Waals surface area contributed by atoms with Crippen LogP contribution >= 0.6 is 11.6 Å². The summed E-state index contributed by atoms with van der Waals surface area (Å²) < 4.78 is 27.2. The molecule has 5 nitrogen and oxygen atoms in total. The van der Waals surface area contributed by atoms with Crippen molar-refractivity contribution in [1.82, 2.24) is 4.31 Å². The van der Waals surface area contributed by atoms with Crippen LogP contribution in [-0.4, -0.2) is 31.7 Å². The minimum atomic E-state index is -3.54. The molecular weight excluding hydrogens is 396 g/mol. The molecule has 0 aromatic heterocycles. The number of nitrogens with zero attached hydrogens (tertiary/aromatic N) is 1. The zero-order chi connectivity index (χ0) is 20.1. The highest BCUT2D eigenvalue weighted by atomic mass is 35.5. The summed E-state index contributed by atoms with van der Waals surface area (Å²) in [4.78, 5) is 12.8. The first-order valence-electron chi connectivity index (χ1n) is 9.50. The first kappa shape index (κ1) is 20.8. The van der Waals surface area contributed by atoms with E-state index in [1.165, 1.54) is 4.31 Å². The number of nitrogens with one attached hydrogen (secondary N) is 1. The van der Waals surface area contributed by atoms with Gasteiger partial charge in [-0.1, -0.05) is 54.9 Å². The Bertz CT molecular complexity index is 946. The zero-order valence-corrected chi connectivity index (χ0v) is 17.5. The first-order chi connectivity index (χ1) is 13.4. The lowest BCUT2D eigenvalue weighted by Gasteiger charge is -2.31. The number of anilines is 1. The lowest BCUT2D eigenvalue weighted by Crippen LogP contribution is -2.44. The molecule has 1 aliphatic rings. The van der Waals surface area contributed by atoms with Crippen LogP contribution in [0.1, 0.15) is 30.9 Å². The van der Waals surface area contributed by atoms with Gasteiger partial charge in [-0.25, -0.2) is 12.7 Å². The van der Waals surface area contributed by atoms with Crippen molar-refractivity contribution in [1.29, 1.82) is 0 Å². The van der Waals surface area contributed by atoms with Gasteiger partial charge in [0.05, 0.1) is 11.7 Å². The van der Waals surface area contributed by atoms with Gasteiger partial charge in [0.15, 0.2) is 0 Å². The molecule has 1 atom stereocenters. The van der Waals surface area contributed by atoms with Gasteiger partial charge in [0.2, 0.25) is 15.9 Å². The van der Waals surface area contributed by atoms with Crippen LogP contribution in [0.3, 0.4) is 0 Å². The van der Waals surface area contributed by atoms with Gasteiger partial charge in [0.25, 0.3) is 0 Å². The molecule has 0 aliphatic carbocycles. The molecule has 28 heavy (non-hydrogen) atoms. The number of amides is 1. The highest BCUT2D eigenvalue weighted by molar-refractivity contribution is 7.88. The number of hydrogen-bond donors (Lipinski definition) is 1. The van der Waals surface area contributed by atoms with E-state index in [0.29, 0.717) is 30.0 Å². The van der Waals surface area contributed by atoms with Crippen LogP contribution in [-0.2, 0) is 27.0 Å². The number of para-hydroxylation sites is 1. The van der Waals surface area contributed by atoms with E-state index in [0.717, 1.165) is 17.7 Å². The smallest absolute Gasteiger partial charge is 0.228 e. The van der Waals surface area contributed by atoms with Gasteiger partial charge in [-0.3, -0.25) is 4.79 Å².